The fourth-order valence-corrected chi connectivity index (χ4v) is 3.46. The van der Waals surface area contributed by atoms with Crippen LogP contribution in [0.3, 0.4) is 0 Å². The number of hydrogen-bond acceptors (Lipinski definition) is 9. The first kappa shape index (κ1) is 35.6. The second-order valence-corrected chi connectivity index (χ2v) is 8.86. The van der Waals surface area contributed by atoms with Crippen LogP contribution in [0.4, 0.5) is 4.79 Å². The molecule has 0 aromatic heterocycles. The summed E-state index contributed by atoms with van der Waals surface area (Å²) in [5.41, 5.74) is 0.263. The number of aliphatic hydroxyl groups excluding tert-OH is 1. The highest BCUT2D eigenvalue weighted by molar-refractivity contribution is 5.96. The first-order chi connectivity index (χ1) is 20.0. The van der Waals surface area contributed by atoms with Crippen LogP contribution in [-0.2, 0) is 23.9 Å². The summed E-state index contributed by atoms with van der Waals surface area (Å²) < 4.78 is 10.7. The van der Waals surface area contributed by atoms with Gasteiger partial charge in [-0.15, -0.1) is 0 Å². The number of amides is 4. The minimum atomic E-state index is -1.50. The van der Waals surface area contributed by atoms with Gasteiger partial charge in [-0.25, -0.2) is 14.4 Å². The molecular formula is C26H38N4O12. The predicted octanol–water partition coefficient (Wildman–Crippen LogP) is -0.449. The van der Waals surface area contributed by atoms with Gasteiger partial charge in [0.1, 0.15) is 24.4 Å². The molecule has 1 aromatic carbocycles. The van der Waals surface area contributed by atoms with Gasteiger partial charge < -0.3 is 51.2 Å². The van der Waals surface area contributed by atoms with Gasteiger partial charge in [-0.05, 0) is 37.8 Å². The Labute approximate surface area is 241 Å². The molecule has 0 fully saturated rings. The van der Waals surface area contributed by atoms with E-state index in [0.717, 1.165) is 0 Å². The third-order valence-electron chi connectivity index (χ3n) is 5.58. The number of benzene rings is 1. The van der Waals surface area contributed by atoms with Crippen molar-refractivity contribution in [2.75, 3.05) is 39.5 Å². The molecule has 4 amide bonds. The molecule has 0 spiro atoms. The van der Waals surface area contributed by atoms with E-state index in [1.165, 1.54) is 0 Å². The average molecular weight is 599 g/mol. The normalized spacial score (nSPS) is 11.9. The maximum atomic E-state index is 12.6. The van der Waals surface area contributed by atoms with Crippen LogP contribution in [0.5, 0.6) is 5.75 Å². The van der Waals surface area contributed by atoms with Gasteiger partial charge in [0.05, 0.1) is 31.9 Å². The molecule has 42 heavy (non-hydrogen) atoms. The molecule has 234 valence electrons. The van der Waals surface area contributed by atoms with Gasteiger partial charge in [-0.3, -0.25) is 14.4 Å². The van der Waals surface area contributed by atoms with Crippen molar-refractivity contribution in [1.29, 1.82) is 0 Å². The summed E-state index contributed by atoms with van der Waals surface area (Å²) in [6, 6.07) is 2.60. The SMILES string of the molecule is O=C(O)CC[C@H](NC(=O)N[C@@H](CCCCNC(=O)c1ccccc1OCCNC(=O)CCOCCO)C(=O)O)C(=O)O. The number of carbonyl (C=O) groups excluding carboxylic acids is 3. The van der Waals surface area contributed by atoms with Crippen molar-refractivity contribution in [3.63, 3.8) is 0 Å². The first-order valence-electron chi connectivity index (χ1n) is 13.2. The van der Waals surface area contributed by atoms with Crippen molar-refractivity contribution < 1.29 is 58.7 Å². The molecule has 8 N–H and O–H groups in total. The van der Waals surface area contributed by atoms with E-state index in [1.54, 1.807) is 24.3 Å². The Hall–Kier alpha value is -4.44. The fraction of sp³-hybridized carbons (Fsp3) is 0.538. The van der Waals surface area contributed by atoms with E-state index in [2.05, 4.69) is 21.3 Å². The zero-order chi connectivity index (χ0) is 31.3. The van der Waals surface area contributed by atoms with E-state index in [9.17, 15) is 33.9 Å². The number of ether oxygens (including phenoxy) is 2. The number of carbonyl (C=O) groups is 6. The molecule has 0 unspecified atom stereocenters. The second-order valence-electron chi connectivity index (χ2n) is 8.86. The molecule has 0 aliphatic carbocycles. The average Bonchev–Trinajstić information content (AvgIpc) is 2.94. The molecule has 1 rings (SSSR count). The minimum absolute atomic E-state index is 0.00946. The Morgan fingerprint density at radius 1 is 0.762 bits per heavy atom. The maximum Gasteiger partial charge on any atom is 0.326 e. The molecule has 0 aliphatic rings. The number of para-hydroxylation sites is 1. The molecule has 2 atom stereocenters. The summed E-state index contributed by atoms with van der Waals surface area (Å²) in [6.07, 6.45) is -0.0831. The standard InChI is InChI=1S/C26H38N4O12/c31-13-16-41-14-10-21(32)27-12-15-42-20-7-2-1-5-17(20)23(35)28-11-4-3-6-18(24(36)37)29-26(40)30-19(25(38)39)8-9-22(33)34/h1-2,5,7,18-19,31H,3-4,6,8-16H2,(H,27,32)(H,28,35)(H,33,34)(H,36,37)(H,38,39)(H2,29,30,40)/t18-,19-/m0/s1. The molecule has 0 aliphatic heterocycles. The van der Waals surface area contributed by atoms with E-state index in [1.807, 2.05) is 0 Å². The number of rotatable bonds is 22. The van der Waals surface area contributed by atoms with Crippen LogP contribution >= 0.6 is 0 Å². The molecule has 16 heteroatoms. The van der Waals surface area contributed by atoms with Gasteiger partial charge in [0.15, 0.2) is 0 Å². The second kappa shape index (κ2) is 20.4. The van der Waals surface area contributed by atoms with Crippen molar-refractivity contribution >= 4 is 35.8 Å². The molecular weight excluding hydrogens is 560 g/mol. The summed E-state index contributed by atoms with van der Waals surface area (Å²) in [5, 5.41) is 45.4. The Morgan fingerprint density at radius 3 is 2.07 bits per heavy atom. The third-order valence-corrected chi connectivity index (χ3v) is 5.58. The number of carboxylic acid groups (broad SMARTS) is 3. The summed E-state index contributed by atoms with van der Waals surface area (Å²) in [7, 11) is 0. The quantitative estimate of drug-likeness (QED) is 0.0791. The largest absolute Gasteiger partial charge is 0.491 e. The van der Waals surface area contributed by atoms with Crippen LogP contribution in [-0.4, -0.2) is 108 Å². The predicted molar refractivity (Wildman–Crippen MR) is 145 cm³/mol. The van der Waals surface area contributed by atoms with Crippen molar-refractivity contribution in [1.82, 2.24) is 21.3 Å². The Bertz CT molecular complexity index is 1050. The first-order valence-corrected chi connectivity index (χ1v) is 13.2. The van der Waals surface area contributed by atoms with Gasteiger partial charge in [0, 0.05) is 19.4 Å². The Balaban J connectivity index is 2.43. The van der Waals surface area contributed by atoms with E-state index >= 15 is 0 Å². The number of aliphatic carboxylic acids is 3. The zero-order valence-electron chi connectivity index (χ0n) is 23.0. The highest BCUT2D eigenvalue weighted by atomic mass is 16.5. The molecule has 0 saturated carbocycles. The number of nitrogens with one attached hydrogen (secondary N) is 4. The lowest BCUT2D eigenvalue weighted by molar-refractivity contribution is -0.141. The van der Waals surface area contributed by atoms with Crippen LogP contribution in [0.2, 0.25) is 0 Å². The number of aliphatic hydroxyl groups is 1. The Kier molecular flexibility index (Phi) is 17.3. The molecule has 0 radical (unpaired) electrons. The van der Waals surface area contributed by atoms with Crippen LogP contribution in [0, 0.1) is 0 Å². The molecule has 0 saturated heterocycles. The van der Waals surface area contributed by atoms with Crippen LogP contribution in [0.25, 0.3) is 0 Å². The minimum Gasteiger partial charge on any atom is -0.491 e. The van der Waals surface area contributed by atoms with Crippen molar-refractivity contribution in [3.8, 4) is 5.75 Å². The van der Waals surface area contributed by atoms with Crippen LogP contribution in [0.15, 0.2) is 24.3 Å². The smallest absolute Gasteiger partial charge is 0.326 e. The van der Waals surface area contributed by atoms with Crippen molar-refractivity contribution in [2.45, 2.75) is 50.6 Å². The summed E-state index contributed by atoms with van der Waals surface area (Å²) in [5.74, 6) is -4.41. The summed E-state index contributed by atoms with van der Waals surface area (Å²) >= 11 is 0. The van der Waals surface area contributed by atoms with Gasteiger partial charge in [0.25, 0.3) is 5.91 Å². The van der Waals surface area contributed by atoms with E-state index in [0.29, 0.717) is 18.6 Å². The molecule has 0 heterocycles. The number of unbranched alkanes of at least 4 members (excludes halogenated alkanes) is 1. The van der Waals surface area contributed by atoms with Gasteiger partial charge in [0.2, 0.25) is 5.91 Å². The van der Waals surface area contributed by atoms with E-state index in [4.69, 9.17) is 24.8 Å². The molecule has 1 aromatic rings. The molecule has 16 nitrogen and oxygen atoms in total. The zero-order valence-corrected chi connectivity index (χ0v) is 23.0. The highest BCUT2D eigenvalue weighted by Crippen LogP contribution is 2.17. The lowest BCUT2D eigenvalue weighted by Gasteiger charge is -2.18. The monoisotopic (exact) mass is 598 g/mol. The highest BCUT2D eigenvalue weighted by Gasteiger charge is 2.24. The topological polar surface area (TPSA) is 250 Å². The number of hydrogen-bond donors (Lipinski definition) is 8. The fourth-order valence-electron chi connectivity index (χ4n) is 3.46. The summed E-state index contributed by atoms with van der Waals surface area (Å²) in [6.45, 7) is 0.716. The number of carboxylic acids is 3. The van der Waals surface area contributed by atoms with E-state index in [-0.39, 0.29) is 70.3 Å². The van der Waals surface area contributed by atoms with Gasteiger partial charge in [-0.2, -0.15) is 0 Å². The summed E-state index contributed by atoms with van der Waals surface area (Å²) in [4.78, 5) is 69.8. The number of urea groups is 1. The Morgan fingerprint density at radius 2 is 1.43 bits per heavy atom. The van der Waals surface area contributed by atoms with Crippen LogP contribution in [0.1, 0.15) is 48.9 Å². The lowest BCUT2D eigenvalue weighted by Crippen LogP contribution is -2.51. The van der Waals surface area contributed by atoms with Crippen LogP contribution < -0.4 is 26.0 Å². The van der Waals surface area contributed by atoms with E-state index < -0.39 is 48.4 Å². The molecule has 0 bridgehead atoms. The maximum absolute atomic E-state index is 12.6. The van der Waals surface area contributed by atoms with Crippen molar-refractivity contribution in [3.05, 3.63) is 29.8 Å². The van der Waals surface area contributed by atoms with Gasteiger partial charge >= 0.3 is 23.9 Å². The third kappa shape index (κ3) is 15.4. The van der Waals surface area contributed by atoms with Crippen molar-refractivity contribution in [2.24, 2.45) is 0 Å². The van der Waals surface area contributed by atoms with Gasteiger partial charge in [-0.1, -0.05) is 12.1 Å². The lowest BCUT2D eigenvalue weighted by atomic mass is 10.1.